The summed E-state index contributed by atoms with van der Waals surface area (Å²) in [6, 6.07) is 7.31. The summed E-state index contributed by atoms with van der Waals surface area (Å²) in [5, 5.41) is 17.4. The molecular formula is C13H15ClN4O2. The molecule has 0 spiro atoms. The molecule has 0 saturated carbocycles. The van der Waals surface area contributed by atoms with Crippen molar-refractivity contribution in [2.75, 3.05) is 6.54 Å². The summed E-state index contributed by atoms with van der Waals surface area (Å²) < 4.78 is 1.58. The average molecular weight is 295 g/mol. The molecule has 0 aliphatic heterocycles. The van der Waals surface area contributed by atoms with Gasteiger partial charge in [0.05, 0.1) is 5.69 Å². The number of nitrogens with zero attached hydrogens (tertiary/aromatic N) is 3. The summed E-state index contributed by atoms with van der Waals surface area (Å²) in [5.41, 5.74) is 6.81. The molecule has 0 fully saturated rings. The molecule has 6 nitrogen and oxygen atoms in total. The summed E-state index contributed by atoms with van der Waals surface area (Å²) in [5.74, 6) is -1.09. The van der Waals surface area contributed by atoms with Crippen LogP contribution in [0, 0.1) is 0 Å². The standard InChI is InChI=1S/C13H15ClN4O2/c14-10-5-2-1-4-9(10)8-11-12(13(19)20)16-17-18(11)7-3-6-15/h1-2,4-5H,3,6-8,15H2,(H,19,20). The van der Waals surface area contributed by atoms with Gasteiger partial charge in [-0.25, -0.2) is 9.48 Å². The Morgan fingerprint density at radius 2 is 2.15 bits per heavy atom. The van der Waals surface area contributed by atoms with E-state index < -0.39 is 5.97 Å². The fourth-order valence-corrected chi connectivity index (χ4v) is 2.12. The Balaban J connectivity index is 2.35. The lowest BCUT2D eigenvalue weighted by Crippen LogP contribution is -2.12. The van der Waals surface area contributed by atoms with Gasteiger partial charge >= 0.3 is 5.97 Å². The van der Waals surface area contributed by atoms with Crippen molar-refractivity contribution in [3.8, 4) is 0 Å². The van der Waals surface area contributed by atoms with Crippen LogP contribution in [-0.2, 0) is 13.0 Å². The van der Waals surface area contributed by atoms with E-state index >= 15 is 0 Å². The number of aromatic nitrogens is 3. The molecule has 0 atom stereocenters. The van der Waals surface area contributed by atoms with Crippen LogP contribution < -0.4 is 5.73 Å². The van der Waals surface area contributed by atoms with Gasteiger partial charge in [-0.1, -0.05) is 35.0 Å². The molecule has 1 aromatic heterocycles. The molecule has 0 saturated heterocycles. The highest BCUT2D eigenvalue weighted by Crippen LogP contribution is 2.20. The summed E-state index contributed by atoms with van der Waals surface area (Å²) in [7, 11) is 0. The quantitative estimate of drug-likeness (QED) is 0.843. The van der Waals surface area contributed by atoms with Gasteiger partial charge in [0.15, 0.2) is 5.69 Å². The Morgan fingerprint density at radius 1 is 1.40 bits per heavy atom. The van der Waals surface area contributed by atoms with E-state index in [9.17, 15) is 9.90 Å². The van der Waals surface area contributed by atoms with E-state index in [0.717, 1.165) is 5.56 Å². The van der Waals surface area contributed by atoms with Crippen LogP contribution in [0.3, 0.4) is 0 Å². The molecule has 0 amide bonds. The number of rotatable bonds is 6. The van der Waals surface area contributed by atoms with Crippen molar-refractivity contribution < 1.29 is 9.90 Å². The second kappa shape index (κ2) is 6.49. The zero-order valence-electron chi connectivity index (χ0n) is 10.8. The number of aryl methyl sites for hydroxylation is 1. The van der Waals surface area contributed by atoms with Crippen LogP contribution >= 0.6 is 11.6 Å². The van der Waals surface area contributed by atoms with Crippen molar-refractivity contribution in [3.05, 3.63) is 46.2 Å². The first kappa shape index (κ1) is 14.5. The van der Waals surface area contributed by atoms with Crippen LogP contribution in [0.1, 0.15) is 28.2 Å². The molecule has 20 heavy (non-hydrogen) atoms. The van der Waals surface area contributed by atoms with Crippen LogP contribution in [0.4, 0.5) is 0 Å². The number of nitrogens with two attached hydrogens (primary N) is 1. The van der Waals surface area contributed by atoms with Crippen LogP contribution in [-0.4, -0.2) is 32.6 Å². The van der Waals surface area contributed by atoms with Crippen LogP contribution in [0.15, 0.2) is 24.3 Å². The van der Waals surface area contributed by atoms with Crippen molar-refractivity contribution in [1.82, 2.24) is 15.0 Å². The number of benzene rings is 1. The SMILES string of the molecule is NCCCn1nnc(C(=O)O)c1Cc1ccccc1Cl. The molecule has 2 rings (SSSR count). The second-order valence-corrected chi connectivity index (χ2v) is 4.73. The number of hydrogen-bond acceptors (Lipinski definition) is 4. The fraction of sp³-hybridized carbons (Fsp3) is 0.308. The molecular weight excluding hydrogens is 280 g/mol. The summed E-state index contributed by atoms with van der Waals surface area (Å²) in [6.45, 7) is 1.05. The molecule has 106 valence electrons. The lowest BCUT2D eigenvalue weighted by atomic mass is 10.1. The van der Waals surface area contributed by atoms with Crippen molar-refractivity contribution in [3.63, 3.8) is 0 Å². The Bertz CT molecular complexity index is 612. The monoisotopic (exact) mass is 294 g/mol. The van der Waals surface area contributed by atoms with Crippen LogP contribution in [0.2, 0.25) is 5.02 Å². The topological polar surface area (TPSA) is 94.0 Å². The number of carbonyl (C=O) groups is 1. The largest absolute Gasteiger partial charge is 0.476 e. The third-order valence-corrected chi connectivity index (χ3v) is 3.30. The second-order valence-electron chi connectivity index (χ2n) is 4.32. The van der Waals surface area contributed by atoms with E-state index in [1.807, 2.05) is 18.2 Å². The van der Waals surface area contributed by atoms with Gasteiger partial charge in [0.25, 0.3) is 0 Å². The first-order chi connectivity index (χ1) is 9.63. The van der Waals surface area contributed by atoms with Gasteiger partial charge < -0.3 is 10.8 Å². The van der Waals surface area contributed by atoms with Crippen molar-refractivity contribution in [2.45, 2.75) is 19.4 Å². The highest BCUT2D eigenvalue weighted by atomic mass is 35.5. The maximum atomic E-state index is 11.2. The lowest BCUT2D eigenvalue weighted by molar-refractivity contribution is 0.0689. The molecule has 0 aliphatic carbocycles. The summed E-state index contributed by atoms with van der Waals surface area (Å²) in [4.78, 5) is 11.2. The van der Waals surface area contributed by atoms with Gasteiger partial charge in [-0.2, -0.15) is 0 Å². The van der Waals surface area contributed by atoms with Crippen molar-refractivity contribution in [2.24, 2.45) is 5.73 Å². The minimum Gasteiger partial charge on any atom is -0.476 e. The number of carboxylic acids is 1. The third kappa shape index (κ3) is 3.15. The first-order valence-corrected chi connectivity index (χ1v) is 6.60. The molecule has 0 bridgehead atoms. The van der Waals surface area contributed by atoms with E-state index in [1.165, 1.54) is 0 Å². The van der Waals surface area contributed by atoms with E-state index in [2.05, 4.69) is 10.3 Å². The molecule has 0 radical (unpaired) electrons. The zero-order valence-corrected chi connectivity index (χ0v) is 11.5. The van der Waals surface area contributed by atoms with E-state index in [0.29, 0.717) is 36.6 Å². The van der Waals surface area contributed by atoms with Crippen LogP contribution in [0.5, 0.6) is 0 Å². The molecule has 1 aromatic carbocycles. The lowest BCUT2D eigenvalue weighted by Gasteiger charge is -2.08. The average Bonchev–Trinajstić information content (AvgIpc) is 2.82. The van der Waals surface area contributed by atoms with Gasteiger partial charge in [-0.15, -0.1) is 5.10 Å². The van der Waals surface area contributed by atoms with E-state index in [-0.39, 0.29) is 5.69 Å². The summed E-state index contributed by atoms with van der Waals surface area (Å²) >= 11 is 6.11. The van der Waals surface area contributed by atoms with Crippen LogP contribution in [0.25, 0.3) is 0 Å². The number of halogens is 1. The fourth-order valence-electron chi connectivity index (χ4n) is 1.92. The maximum absolute atomic E-state index is 11.2. The van der Waals surface area contributed by atoms with E-state index in [1.54, 1.807) is 10.7 Å². The maximum Gasteiger partial charge on any atom is 0.358 e. The van der Waals surface area contributed by atoms with Crippen molar-refractivity contribution >= 4 is 17.6 Å². The minimum absolute atomic E-state index is 0.0399. The highest BCUT2D eigenvalue weighted by molar-refractivity contribution is 6.31. The highest BCUT2D eigenvalue weighted by Gasteiger charge is 2.19. The third-order valence-electron chi connectivity index (χ3n) is 2.93. The van der Waals surface area contributed by atoms with Gasteiger partial charge in [0.1, 0.15) is 0 Å². The molecule has 2 aromatic rings. The Labute approximate surface area is 121 Å². The number of aromatic carboxylic acids is 1. The smallest absolute Gasteiger partial charge is 0.358 e. The summed E-state index contributed by atoms with van der Waals surface area (Å²) in [6.07, 6.45) is 1.08. The molecule has 7 heteroatoms. The molecule has 1 heterocycles. The predicted molar refractivity (Wildman–Crippen MR) is 74.9 cm³/mol. The number of hydrogen-bond donors (Lipinski definition) is 2. The molecule has 0 unspecified atom stereocenters. The Kier molecular flexibility index (Phi) is 4.70. The van der Waals surface area contributed by atoms with Gasteiger partial charge in [0, 0.05) is 18.0 Å². The van der Waals surface area contributed by atoms with E-state index in [4.69, 9.17) is 17.3 Å². The first-order valence-electron chi connectivity index (χ1n) is 6.22. The Hall–Kier alpha value is -1.92. The number of carboxylic acid groups (broad SMARTS) is 1. The molecule has 0 aliphatic rings. The van der Waals surface area contributed by atoms with Gasteiger partial charge in [0.2, 0.25) is 0 Å². The Morgan fingerprint density at radius 3 is 2.80 bits per heavy atom. The zero-order chi connectivity index (χ0) is 14.5. The van der Waals surface area contributed by atoms with Crippen molar-refractivity contribution in [1.29, 1.82) is 0 Å². The molecule has 3 N–H and O–H groups in total. The minimum atomic E-state index is -1.09. The normalized spacial score (nSPS) is 10.7. The van der Waals surface area contributed by atoms with Gasteiger partial charge in [-0.3, -0.25) is 0 Å². The van der Waals surface area contributed by atoms with Gasteiger partial charge in [-0.05, 0) is 24.6 Å². The predicted octanol–water partition coefficient (Wildman–Crippen LogP) is 1.57.